The molecular weight excluding hydrogens is 970 g/mol. The van der Waals surface area contributed by atoms with Crippen molar-refractivity contribution in [2.24, 2.45) is 0 Å². The lowest BCUT2D eigenvalue weighted by Gasteiger charge is -2.20. The molecule has 9 heteroatoms. The minimum Gasteiger partial charge on any atom is -0.309 e. The third-order valence-electron chi connectivity index (χ3n) is 15.3. The van der Waals surface area contributed by atoms with Crippen molar-refractivity contribution in [3.8, 4) is 62.7 Å². The lowest BCUT2D eigenvalue weighted by Crippen LogP contribution is -2.11. The Labute approximate surface area is 454 Å². The molecule has 0 aliphatic carbocycles. The van der Waals surface area contributed by atoms with Crippen LogP contribution < -0.4 is 0 Å². The maximum atomic E-state index is 15.3. The van der Waals surface area contributed by atoms with Crippen LogP contribution in [0.25, 0.3) is 100 Å². The SMILES string of the molecule is CC(C)(C)c1ccc2c(c1)c1cc(C(C)(C)C)ccc1n2-c1ccc(C(F)(F)F)cc1-c1nc(-c2ccccc2)nc(-c2ccc(-c3ccc(C#N)cc3)cc2-n2c3ccc(C(C)(C)C)cc3c3cc(C(C)(C)C)ccc32)n1. The van der Waals surface area contributed by atoms with Crippen LogP contribution in [0.5, 0.6) is 0 Å². The van der Waals surface area contributed by atoms with Gasteiger partial charge in [0, 0.05) is 38.2 Å². The Balaban J connectivity index is 1.24. The molecule has 11 aromatic rings. The number of halogens is 3. The third-order valence-corrected chi connectivity index (χ3v) is 15.3. The fourth-order valence-corrected chi connectivity index (χ4v) is 10.7. The van der Waals surface area contributed by atoms with E-state index in [4.69, 9.17) is 15.0 Å². The molecule has 0 aliphatic rings. The molecule has 0 amide bonds. The molecule has 8 aromatic carbocycles. The first kappa shape index (κ1) is 51.7. The standard InChI is InChI=1S/C69H63F3N6/c1-65(2,3)45-23-29-56-51(35-45)52-36-46(66(4,5)6)24-30-57(52)77(56)60-33-27-49(69(70,71)72)39-55(60)64-75-62(43-16-14-13-15-17-43)74-63(76-64)50-28-22-44(42-20-18-41(40-73)19-21-42)34-61(50)78-58-31-25-47(67(7,8)9)37-53(58)54-38-48(68(10,11)12)26-32-59(54)78/h13-39H,1-12H3. The van der Waals surface area contributed by atoms with Crippen LogP contribution in [0, 0.1) is 11.3 Å². The number of nitrogens with zero attached hydrogens (tertiary/aromatic N) is 6. The predicted octanol–water partition coefficient (Wildman–Crippen LogP) is 18.8. The van der Waals surface area contributed by atoms with E-state index in [9.17, 15) is 5.26 Å². The minimum atomic E-state index is -4.68. The summed E-state index contributed by atoms with van der Waals surface area (Å²) in [7, 11) is 0. The zero-order valence-corrected chi connectivity index (χ0v) is 46.4. The summed E-state index contributed by atoms with van der Waals surface area (Å²) in [6, 6.07) is 55.6. The van der Waals surface area contributed by atoms with Gasteiger partial charge in [0.05, 0.1) is 50.6 Å². The third kappa shape index (κ3) is 9.31. The molecule has 6 nitrogen and oxygen atoms in total. The van der Waals surface area contributed by atoms with Crippen LogP contribution in [0.15, 0.2) is 164 Å². The van der Waals surface area contributed by atoms with Gasteiger partial charge in [-0.1, -0.05) is 156 Å². The van der Waals surface area contributed by atoms with Gasteiger partial charge in [0.15, 0.2) is 17.5 Å². The van der Waals surface area contributed by atoms with E-state index in [0.717, 1.165) is 77.6 Å². The van der Waals surface area contributed by atoms with Crippen LogP contribution in [0.4, 0.5) is 13.2 Å². The van der Waals surface area contributed by atoms with Gasteiger partial charge < -0.3 is 9.13 Å². The lowest BCUT2D eigenvalue weighted by atomic mass is 9.85. The summed E-state index contributed by atoms with van der Waals surface area (Å²) in [4.78, 5) is 15.8. The summed E-state index contributed by atoms with van der Waals surface area (Å²) in [6.45, 7) is 26.4. The highest BCUT2D eigenvalue weighted by Gasteiger charge is 2.33. The number of rotatable bonds is 6. The summed E-state index contributed by atoms with van der Waals surface area (Å²) < 4.78 is 50.1. The molecule has 0 N–H and O–H groups in total. The number of hydrogen-bond acceptors (Lipinski definition) is 4. The summed E-state index contributed by atoms with van der Waals surface area (Å²) in [5, 5.41) is 13.9. The quantitative estimate of drug-likeness (QED) is 0.166. The van der Waals surface area contributed by atoms with E-state index in [0.29, 0.717) is 28.2 Å². The van der Waals surface area contributed by atoms with Crippen LogP contribution in [-0.2, 0) is 27.8 Å². The van der Waals surface area contributed by atoms with Crippen LogP contribution in [0.1, 0.15) is 116 Å². The molecule has 0 saturated heterocycles. The lowest BCUT2D eigenvalue weighted by molar-refractivity contribution is -0.137. The average molecular weight is 1030 g/mol. The van der Waals surface area contributed by atoms with Crippen LogP contribution in [0.2, 0.25) is 0 Å². The Kier molecular flexibility index (Phi) is 12.2. The van der Waals surface area contributed by atoms with E-state index >= 15 is 13.2 Å². The molecule has 0 unspecified atom stereocenters. The summed E-state index contributed by atoms with van der Waals surface area (Å²) in [5.41, 5.74) is 12.0. The fourth-order valence-electron chi connectivity index (χ4n) is 10.7. The van der Waals surface area contributed by atoms with Gasteiger partial charge in [0.25, 0.3) is 0 Å². The Bertz CT molecular complexity index is 4080. The highest BCUT2D eigenvalue weighted by atomic mass is 19.4. The molecule has 0 fully saturated rings. The molecule has 0 aliphatic heterocycles. The molecule has 3 heterocycles. The predicted molar refractivity (Wildman–Crippen MR) is 315 cm³/mol. The second-order valence-electron chi connectivity index (χ2n) is 24.9. The van der Waals surface area contributed by atoms with Gasteiger partial charge >= 0.3 is 6.18 Å². The Morgan fingerprint density at radius 3 is 1.18 bits per heavy atom. The van der Waals surface area contributed by atoms with Gasteiger partial charge in [-0.05, 0) is 146 Å². The van der Waals surface area contributed by atoms with Crippen molar-refractivity contribution in [2.45, 2.75) is 111 Å². The monoisotopic (exact) mass is 1030 g/mol. The topological polar surface area (TPSA) is 72.3 Å². The second kappa shape index (κ2) is 18.4. The smallest absolute Gasteiger partial charge is 0.309 e. The molecule has 0 atom stereocenters. The Hall–Kier alpha value is -8.35. The molecule has 390 valence electrons. The van der Waals surface area contributed by atoms with E-state index in [1.807, 2.05) is 66.7 Å². The van der Waals surface area contributed by atoms with Crippen LogP contribution >= 0.6 is 0 Å². The van der Waals surface area contributed by atoms with E-state index in [2.05, 4.69) is 177 Å². The Morgan fingerprint density at radius 2 is 0.756 bits per heavy atom. The molecular formula is C69H63F3N6. The first-order chi connectivity index (χ1) is 36.8. The molecule has 78 heavy (non-hydrogen) atoms. The van der Waals surface area contributed by atoms with Gasteiger partial charge in [-0.15, -0.1) is 0 Å². The van der Waals surface area contributed by atoms with Crippen molar-refractivity contribution in [1.82, 2.24) is 24.1 Å². The first-order valence-electron chi connectivity index (χ1n) is 26.6. The summed E-state index contributed by atoms with van der Waals surface area (Å²) >= 11 is 0. The number of alkyl halides is 3. The highest BCUT2D eigenvalue weighted by molar-refractivity contribution is 6.11. The molecule has 0 radical (unpaired) electrons. The van der Waals surface area contributed by atoms with Crippen LogP contribution in [0.3, 0.4) is 0 Å². The minimum absolute atomic E-state index is 0.0848. The number of hydrogen-bond donors (Lipinski definition) is 0. The maximum Gasteiger partial charge on any atom is 0.416 e. The van der Waals surface area contributed by atoms with Gasteiger partial charge in [-0.3, -0.25) is 0 Å². The zero-order chi connectivity index (χ0) is 55.4. The van der Waals surface area contributed by atoms with E-state index in [1.165, 1.54) is 17.2 Å². The van der Waals surface area contributed by atoms with Gasteiger partial charge in [0.2, 0.25) is 0 Å². The molecule has 0 bridgehead atoms. The van der Waals surface area contributed by atoms with Crippen molar-refractivity contribution < 1.29 is 13.2 Å². The van der Waals surface area contributed by atoms with Gasteiger partial charge in [-0.2, -0.15) is 18.4 Å². The van der Waals surface area contributed by atoms with Crippen molar-refractivity contribution in [3.63, 3.8) is 0 Å². The largest absolute Gasteiger partial charge is 0.416 e. The van der Waals surface area contributed by atoms with Crippen molar-refractivity contribution >= 4 is 43.6 Å². The van der Waals surface area contributed by atoms with Crippen molar-refractivity contribution in [3.05, 3.63) is 197 Å². The molecule has 11 rings (SSSR count). The highest BCUT2D eigenvalue weighted by Crippen LogP contribution is 2.45. The zero-order valence-electron chi connectivity index (χ0n) is 46.4. The van der Waals surface area contributed by atoms with Crippen molar-refractivity contribution in [2.75, 3.05) is 0 Å². The number of aromatic nitrogens is 5. The number of fused-ring (bicyclic) bond motifs is 6. The van der Waals surface area contributed by atoms with Crippen LogP contribution in [-0.4, -0.2) is 24.1 Å². The fraction of sp³-hybridized carbons (Fsp3) is 0.246. The second-order valence-corrected chi connectivity index (χ2v) is 24.9. The van der Waals surface area contributed by atoms with E-state index < -0.39 is 11.7 Å². The number of nitriles is 1. The first-order valence-corrected chi connectivity index (χ1v) is 26.6. The van der Waals surface area contributed by atoms with Crippen molar-refractivity contribution in [1.29, 1.82) is 5.26 Å². The van der Waals surface area contributed by atoms with E-state index in [-0.39, 0.29) is 38.9 Å². The van der Waals surface area contributed by atoms with E-state index in [1.54, 1.807) is 6.07 Å². The Morgan fingerprint density at radius 1 is 0.359 bits per heavy atom. The van der Waals surface area contributed by atoms with Gasteiger partial charge in [-0.25, -0.2) is 15.0 Å². The average Bonchev–Trinajstić information content (AvgIpc) is 4.10. The maximum absolute atomic E-state index is 15.3. The molecule has 3 aromatic heterocycles. The summed E-state index contributed by atoms with van der Waals surface area (Å²) in [5.74, 6) is 0.671. The number of benzene rings is 8. The van der Waals surface area contributed by atoms with Gasteiger partial charge in [0.1, 0.15) is 0 Å². The summed E-state index contributed by atoms with van der Waals surface area (Å²) in [6.07, 6.45) is -4.68. The molecule has 0 saturated carbocycles. The normalized spacial score (nSPS) is 12.8. The molecule has 0 spiro atoms.